The van der Waals surface area contributed by atoms with Crippen LogP contribution in [0.1, 0.15) is 28.8 Å². The maximum atomic E-state index is 12.2. The van der Waals surface area contributed by atoms with E-state index in [0.29, 0.717) is 18.4 Å². The highest BCUT2D eigenvalue weighted by Gasteiger charge is 2.20. The summed E-state index contributed by atoms with van der Waals surface area (Å²) < 4.78 is 31.4. The molecule has 0 saturated carbocycles. The molecule has 0 spiro atoms. The molecule has 7 heteroatoms. The number of aliphatic hydroxyl groups is 1. The highest BCUT2D eigenvalue weighted by Crippen LogP contribution is 2.19. The van der Waals surface area contributed by atoms with E-state index in [1.165, 1.54) is 25.3 Å². The molecule has 1 aromatic rings. The molecule has 0 unspecified atom stereocenters. The van der Waals surface area contributed by atoms with E-state index in [-0.39, 0.29) is 23.6 Å². The smallest absolute Gasteiger partial charge is 0.338 e. The molecule has 0 atom stereocenters. The lowest BCUT2D eigenvalue weighted by molar-refractivity contribution is 0.0599. The molecule has 0 aromatic heterocycles. The summed E-state index contributed by atoms with van der Waals surface area (Å²) in [6.07, 6.45) is 1.08. The van der Waals surface area contributed by atoms with Gasteiger partial charge in [0.25, 0.3) is 0 Å². The van der Waals surface area contributed by atoms with Crippen molar-refractivity contribution in [2.75, 3.05) is 20.3 Å². The summed E-state index contributed by atoms with van der Waals surface area (Å²) in [5.41, 5.74) is 0.583. The molecular formula is C13H19NO5S. The number of ether oxygens (including phenoxy) is 1. The Kier molecular flexibility index (Phi) is 6.12. The molecule has 0 radical (unpaired) electrons. The third-order valence-corrected chi connectivity index (χ3v) is 4.46. The van der Waals surface area contributed by atoms with Gasteiger partial charge in [0.15, 0.2) is 0 Å². The van der Waals surface area contributed by atoms with Gasteiger partial charge in [-0.05, 0) is 37.5 Å². The lowest BCUT2D eigenvalue weighted by Gasteiger charge is -2.11. The van der Waals surface area contributed by atoms with E-state index >= 15 is 0 Å². The lowest BCUT2D eigenvalue weighted by Crippen LogP contribution is -2.26. The highest BCUT2D eigenvalue weighted by molar-refractivity contribution is 7.89. The predicted molar refractivity (Wildman–Crippen MR) is 74.0 cm³/mol. The van der Waals surface area contributed by atoms with Crippen molar-refractivity contribution in [1.29, 1.82) is 0 Å². The first-order valence-corrected chi connectivity index (χ1v) is 7.71. The van der Waals surface area contributed by atoms with Crippen molar-refractivity contribution in [2.45, 2.75) is 24.7 Å². The van der Waals surface area contributed by atoms with Crippen LogP contribution in [0.2, 0.25) is 0 Å². The van der Waals surface area contributed by atoms with Gasteiger partial charge in [0.1, 0.15) is 0 Å². The fraction of sp³-hybridized carbons (Fsp3) is 0.462. The minimum atomic E-state index is -3.68. The first-order chi connectivity index (χ1) is 9.44. The van der Waals surface area contributed by atoms with E-state index in [1.807, 2.05) is 0 Å². The standard InChI is InChI=1S/C13H19NO5S/c1-10-11(13(16)19-2)6-5-7-12(10)20(17,18)14-8-3-4-9-15/h5-7,14-15H,3-4,8-9H2,1-2H3. The van der Waals surface area contributed by atoms with Gasteiger partial charge < -0.3 is 9.84 Å². The molecule has 0 aliphatic rings. The third-order valence-electron chi connectivity index (χ3n) is 2.86. The van der Waals surface area contributed by atoms with Gasteiger partial charge in [0.05, 0.1) is 17.6 Å². The number of carbonyl (C=O) groups is 1. The fourth-order valence-corrected chi connectivity index (χ4v) is 3.10. The number of hydrogen-bond acceptors (Lipinski definition) is 5. The van der Waals surface area contributed by atoms with Crippen LogP contribution in [0.4, 0.5) is 0 Å². The normalized spacial score (nSPS) is 11.3. The fourth-order valence-electron chi connectivity index (χ4n) is 1.76. The van der Waals surface area contributed by atoms with Gasteiger partial charge in [-0.15, -0.1) is 0 Å². The third kappa shape index (κ3) is 4.03. The molecule has 0 saturated heterocycles. The van der Waals surface area contributed by atoms with Crippen molar-refractivity contribution in [1.82, 2.24) is 4.72 Å². The Hall–Kier alpha value is -1.44. The highest BCUT2D eigenvalue weighted by atomic mass is 32.2. The van der Waals surface area contributed by atoms with Gasteiger partial charge in [0, 0.05) is 13.2 Å². The number of nitrogens with one attached hydrogen (secondary N) is 1. The van der Waals surface area contributed by atoms with Crippen LogP contribution in [-0.4, -0.2) is 39.8 Å². The number of sulfonamides is 1. The van der Waals surface area contributed by atoms with Gasteiger partial charge in [0.2, 0.25) is 10.0 Å². The zero-order chi connectivity index (χ0) is 15.2. The Morgan fingerprint density at radius 3 is 2.65 bits per heavy atom. The van der Waals surface area contributed by atoms with Gasteiger partial charge in [-0.2, -0.15) is 0 Å². The molecule has 1 rings (SSSR count). The van der Waals surface area contributed by atoms with E-state index < -0.39 is 16.0 Å². The molecule has 20 heavy (non-hydrogen) atoms. The number of aliphatic hydroxyl groups excluding tert-OH is 1. The second kappa shape index (κ2) is 7.37. The van der Waals surface area contributed by atoms with Gasteiger partial charge in [-0.25, -0.2) is 17.9 Å². The number of esters is 1. The maximum absolute atomic E-state index is 12.2. The molecule has 1 aromatic carbocycles. The van der Waals surface area contributed by atoms with Crippen molar-refractivity contribution in [3.8, 4) is 0 Å². The number of unbranched alkanes of at least 4 members (excludes halogenated alkanes) is 1. The first kappa shape index (κ1) is 16.6. The molecule has 0 aliphatic heterocycles. The van der Waals surface area contributed by atoms with E-state index in [2.05, 4.69) is 9.46 Å². The summed E-state index contributed by atoms with van der Waals surface area (Å²) in [4.78, 5) is 11.6. The SMILES string of the molecule is COC(=O)c1cccc(S(=O)(=O)NCCCCO)c1C. The maximum Gasteiger partial charge on any atom is 0.338 e. The average molecular weight is 301 g/mol. The Morgan fingerprint density at radius 2 is 2.05 bits per heavy atom. The monoisotopic (exact) mass is 301 g/mol. The van der Waals surface area contributed by atoms with Crippen LogP contribution in [0.3, 0.4) is 0 Å². The topological polar surface area (TPSA) is 92.7 Å². The Morgan fingerprint density at radius 1 is 1.35 bits per heavy atom. The lowest BCUT2D eigenvalue weighted by atomic mass is 10.1. The molecule has 0 amide bonds. The number of methoxy groups -OCH3 is 1. The first-order valence-electron chi connectivity index (χ1n) is 6.22. The van der Waals surface area contributed by atoms with Crippen LogP contribution in [0.25, 0.3) is 0 Å². The zero-order valence-corrected chi connectivity index (χ0v) is 12.4. The predicted octanol–water partition coefficient (Wildman–Crippen LogP) is 0.832. The van der Waals surface area contributed by atoms with Gasteiger partial charge >= 0.3 is 5.97 Å². The van der Waals surface area contributed by atoms with Gasteiger partial charge in [-0.3, -0.25) is 0 Å². The molecule has 0 fully saturated rings. The van der Waals surface area contributed by atoms with Crippen molar-refractivity contribution >= 4 is 16.0 Å². The molecular weight excluding hydrogens is 282 g/mol. The van der Waals surface area contributed by atoms with E-state index in [1.54, 1.807) is 6.92 Å². The minimum Gasteiger partial charge on any atom is -0.465 e. The molecule has 0 aliphatic carbocycles. The van der Waals surface area contributed by atoms with Crippen LogP contribution in [-0.2, 0) is 14.8 Å². The largest absolute Gasteiger partial charge is 0.465 e. The van der Waals surface area contributed by atoms with Crippen LogP contribution in [0.15, 0.2) is 23.1 Å². The number of hydrogen-bond donors (Lipinski definition) is 2. The van der Waals surface area contributed by atoms with E-state index in [9.17, 15) is 13.2 Å². The summed E-state index contributed by atoms with van der Waals surface area (Å²) in [7, 11) is -2.43. The van der Waals surface area contributed by atoms with Crippen LogP contribution in [0, 0.1) is 6.92 Å². The average Bonchev–Trinajstić information content (AvgIpc) is 2.43. The second-order valence-corrected chi connectivity index (χ2v) is 5.98. The minimum absolute atomic E-state index is 0.0264. The quantitative estimate of drug-likeness (QED) is 0.575. The summed E-state index contributed by atoms with van der Waals surface area (Å²) in [6, 6.07) is 4.46. The summed E-state index contributed by atoms with van der Waals surface area (Å²) in [6.45, 7) is 1.83. The van der Waals surface area contributed by atoms with Crippen LogP contribution >= 0.6 is 0 Å². The molecule has 0 heterocycles. The summed E-state index contributed by atoms with van der Waals surface area (Å²) in [5, 5.41) is 8.65. The molecule has 112 valence electrons. The number of benzene rings is 1. The Labute approximate surface area is 118 Å². The van der Waals surface area contributed by atoms with Crippen LogP contribution in [0.5, 0.6) is 0 Å². The Balaban J connectivity index is 2.98. The number of rotatable bonds is 7. The van der Waals surface area contributed by atoms with Gasteiger partial charge in [-0.1, -0.05) is 6.07 Å². The molecule has 0 bridgehead atoms. The van der Waals surface area contributed by atoms with Crippen molar-refractivity contribution < 1.29 is 23.1 Å². The van der Waals surface area contributed by atoms with E-state index in [4.69, 9.17) is 5.11 Å². The van der Waals surface area contributed by atoms with Crippen molar-refractivity contribution in [2.24, 2.45) is 0 Å². The second-order valence-electron chi connectivity index (χ2n) is 4.25. The molecule has 6 nitrogen and oxygen atoms in total. The summed E-state index contributed by atoms with van der Waals surface area (Å²) >= 11 is 0. The van der Waals surface area contributed by atoms with Crippen molar-refractivity contribution in [3.63, 3.8) is 0 Å². The zero-order valence-electron chi connectivity index (χ0n) is 11.5. The van der Waals surface area contributed by atoms with Crippen molar-refractivity contribution in [3.05, 3.63) is 29.3 Å². The number of carbonyl (C=O) groups excluding carboxylic acids is 1. The summed E-state index contributed by atoms with van der Waals surface area (Å²) in [5.74, 6) is -0.570. The molecule has 2 N–H and O–H groups in total. The Bertz CT molecular complexity index is 568. The van der Waals surface area contributed by atoms with E-state index in [0.717, 1.165) is 0 Å². The van der Waals surface area contributed by atoms with Crippen LogP contribution < -0.4 is 4.72 Å².